The van der Waals surface area contributed by atoms with Gasteiger partial charge in [-0.2, -0.15) is 0 Å². The molecule has 1 aliphatic rings. The number of hydrogen-bond acceptors (Lipinski definition) is 4. The highest BCUT2D eigenvalue weighted by atomic mass is 32.1. The number of fused-ring (bicyclic) bond motifs is 1. The Hall–Kier alpha value is -1.62. The molecule has 0 unspecified atom stereocenters. The van der Waals surface area contributed by atoms with Crippen molar-refractivity contribution in [3.8, 4) is 0 Å². The molecule has 1 aromatic carbocycles. The number of carbonyl (C=O) groups is 1. The summed E-state index contributed by atoms with van der Waals surface area (Å²) in [5, 5.41) is 3.57. The van der Waals surface area contributed by atoms with Gasteiger partial charge in [0.05, 0.1) is 10.2 Å². The number of aromatic nitrogens is 1. The molecular formula is C14H17N3OS. The van der Waals surface area contributed by atoms with Crippen molar-refractivity contribution >= 4 is 38.3 Å². The minimum Gasteiger partial charge on any atom is -0.375 e. The molecule has 3 rings (SSSR count). The van der Waals surface area contributed by atoms with Gasteiger partial charge in [-0.25, -0.2) is 4.98 Å². The van der Waals surface area contributed by atoms with Gasteiger partial charge >= 0.3 is 0 Å². The van der Waals surface area contributed by atoms with Crippen LogP contribution >= 0.6 is 11.3 Å². The zero-order valence-electron chi connectivity index (χ0n) is 10.7. The van der Waals surface area contributed by atoms with Crippen molar-refractivity contribution in [1.29, 1.82) is 0 Å². The summed E-state index contributed by atoms with van der Waals surface area (Å²) in [6, 6.07) is 5.74. The topological polar surface area (TPSA) is 68.0 Å². The number of nitrogen functional groups attached to an aromatic ring is 1. The monoisotopic (exact) mass is 275 g/mol. The number of benzene rings is 1. The molecule has 0 aliphatic heterocycles. The highest BCUT2D eigenvalue weighted by Gasteiger charge is 2.21. The van der Waals surface area contributed by atoms with E-state index in [1.54, 1.807) is 0 Å². The summed E-state index contributed by atoms with van der Waals surface area (Å²) in [6.45, 7) is 0. The smallest absolute Gasteiger partial charge is 0.227 e. The van der Waals surface area contributed by atoms with E-state index in [0.29, 0.717) is 5.13 Å². The van der Waals surface area contributed by atoms with Crippen LogP contribution in [0.25, 0.3) is 10.2 Å². The SMILES string of the molecule is Nc1nc2ccc(NC(=O)C3CCCCC3)cc2s1. The third-order valence-electron chi connectivity index (χ3n) is 3.65. The van der Waals surface area contributed by atoms with E-state index in [9.17, 15) is 4.79 Å². The molecule has 1 aliphatic carbocycles. The third-order valence-corrected chi connectivity index (χ3v) is 4.50. The van der Waals surface area contributed by atoms with Gasteiger partial charge in [-0.05, 0) is 31.0 Å². The molecule has 0 atom stereocenters. The van der Waals surface area contributed by atoms with Crippen LogP contribution in [-0.2, 0) is 4.79 Å². The van der Waals surface area contributed by atoms with Gasteiger partial charge in [-0.1, -0.05) is 30.6 Å². The van der Waals surface area contributed by atoms with E-state index in [0.717, 1.165) is 28.7 Å². The first-order valence-electron chi connectivity index (χ1n) is 6.69. The van der Waals surface area contributed by atoms with Crippen LogP contribution in [0.15, 0.2) is 18.2 Å². The molecule has 1 heterocycles. The Morgan fingerprint density at radius 3 is 2.89 bits per heavy atom. The van der Waals surface area contributed by atoms with Gasteiger partial charge in [0.2, 0.25) is 5.91 Å². The maximum atomic E-state index is 12.2. The van der Waals surface area contributed by atoms with E-state index >= 15 is 0 Å². The molecule has 1 saturated carbocycles. The molecule has 0 saturated heterocycles. The Kier molecular flexibility index (Phi) is 3.38. The van der Waals surface area contributed by atoms with Crippen LogP contribution in [0, 0.1) is 5.92 Å². The predicted molar refractivity (Wildman–Crippen MR) is 79.2 cm³/mol. The predicted octanol–water partition coefficient (Wildman–Crippen LogP) is 3.40. The summed E-state index contributed by atoms with van der Waals surface area (Å²) in [5.41, 5.74) is 7.41. The molecule has 0 radical (unpaired) electrons. The molecule has 0 bridgehead atoms. The summed E-state index contributed by atoms with van der Waals surface area (Å²) in [5.74, 6) is 0.326. The van der Waals surface area contributed by atoms with E-state index < -0.39 is 0 Å². The number of rotatable bonds is 2. The van der Waals surface area contributed by atoms with Crippen LogP contribution in [0.2, 0.25) is 0 Å². The second-order valence-electron chi connectivity index (χ2n) is 5.06. The van der Waals surface area contributed by atoms with E-state index in [1.807, 2.05) is 18.2 Å². The third kappa shape index (κ3) is 2.71. The standard InChI is InChI=1S/C14H17N3OS/c15-14-17-11-7-6-10(8-12(11)19-14)16-13(18)9-4-2-1-3-5-9/h6-9H,1-5H2,(H2,15,17)(H,16,18). The molecular weight excluding hydrogens is 258 g/mol. The van der Waals surface area contributed by atoms with Crippen LogP contribution < -0.4 is 11.1 Å². The van der Waals surface area contributed by atoms with Crippen LogP contribution in [0.5, 0.6) is 0 Å². The minimum atomic E-state index is 0.150. The molecule has 5 heteroatoms. The molecule has 2 aromatic rings. The van der Waals surface area contributed by atoms with Crippen molar-refractivity contribution in [3.05, 3.63) is 18.2 Å². The fourth-order valence-electron chi connectivity index (χ4n) is 2.63. The van der Waals surface area contributed by atoms with Crippen LogP contribution in [-0.4, -0.2) is 10.9 Å². The molecule has 4 nitrogen and oxygen atoms in total. The summed E-state index contributed by atoms with van der Waals surface area (Å²) < 4.78 is 1.01. The Labute approximate surface area is 116 Å². The van der Waals surface area contributed by atoms with Crippen molar-refractivity contribution in [2.45, 2.75) is 32.1 Å². The molecule has 1 aromatic heterocycles. The van der Waals surface area contributed by atoms with Crippen LogP contribution in [0.3, 0.4) is 0 Å². The van der Waals surface area contributed by atoms with Crippen LogP contribution in [0.1, 0.15) is 32.1 Å². The first kappa shape index (κ1) is 12.4. The number of hydrogen-bond donors (Lipinski definition) is 2. The maximum Gasteiger partial charge on any atom is 0.227 e. The number of anilines is 2. The summed E-state index contributed by atoms with van der Waals surface area (Å²) >= 11 is 1.44. The Balaban J connectivity index is 1.74. The van der Waals surface area contributed by atoms with E-state index in [-0.39, 0.29) is 11.8 Å². The first-order chi connectivity index (χ1) is 9.22. The van der Waals surface area contributed by atoms with Crippen molar-refractivity contribution in [2.24, 2.45) is 5.92 Å². The first-order valence-corrected chi connectivity index (χ1v) is 7.51. The van der Waals surface area contributed by atoms with Gasteiger partial charge in [0.1, 0.15) is 0 Å². The van der Waals surface area contributed by atoms with Gasteiger partial charge in [-0.3, -0.25) is 4.79 Å². The number of carbonyl (C=O) groups excluding carboxylic acids is 1. The Bertz CT molecular complexity index is 602. The van der Waals surface area contributed by atoms with Gasteiger partial charge < -0.3 is 11.1 Å². The van der Waals surface area contributed by atoms with Gasteiger partial charge in [-0.15, -0.1) is 0 Å². The van der Waals surface area contributed by atoms with Crippen molar-refractivity contribution in [3.63, 3.8) is 0 Å². The molecule has 1 amide bonds. The fraction of sp³-hybridized carbons (Fsp3) is 0.429. The second kappa shape index (κ2) is 5.17. The lowest BCUT2D eigenvalue weighted by Gasteiger charge is -2.20. The molecule has 1 fully saturated rings. The normalized spacial score (nSPS) is 16.6. The number of nitrogens with two attached hydrogens (primary N) is 1. The highest BCUT2D eigenvalue weighted by molar-refractivity contribution is 7.22. The van der Waals surface area contributed by atoms with E-state index in [2.05, 4.69) is 10.3 Å². The number of amides is 1. The average molecular weight is 275 g/mol. The fourth-order valence-corrected chi connectivity index (χ4v) is 3.40. The zero-order chi connectivity index (χ0) is 13.2. The molecule has 19 heavy (non-hydrogen) atoms. The van der Waals surface area contributed by atoms with Gasteiger partial charge in [0.25, 0.3) is 0 Å². The van der Waals surface area contributed by atoms with Crippen molar-refractivity contribution in [1.82, 2.24) is 4.98 Å². The maximum absolute atomic E-state index is 12.2. The Morgan fingerprint density at radius 1 is 1.32 bits per heavy atom. The lowest BCUT2D eigenvalue weighted by atomic mass is 9.88. The largest absolute Gasteiger partial charge is 0.375 e. The lowest BCUT2D eigenvalue weighted by molar-refractivity contribution is -0.120. The average Bonchev–Trinajstić information content (AvgIpc) is 2.79. The minimum absolute atomic E-state index is 0.150. The quantitative estimate of drug-likeness (QED) is 0.882. The number of nitrogens with one attached hydrogen (secondary N) is 1. The van der Waals surface area contributed by atoms with Crippen molar-refractivity contribution in [2.75, 3.05) is 11.1 Å². The Morgan fingerprint density at radius 2 is 2.11 bits per heavy atom. The van der Waals surface area contributed by atoms with E-state index in [1.165, 1.54) is 30.6 Å². The number of nitrogens with zero attached hydrogens (tertiary/aromatic N) is 1. The number of thiazole rings is 1. The highest BCUT2D eigenvalue weighted by Crippen LogP contribution is 2.28. The lowest BCUT2D eigenvalue weighted by Crippen LogP contribution is -2.24. The molecule has 3 N–H and O–H groups in total. The zero-order valence-corrected chi connectivity index (χ0v) is 11.5. The van der Waals surface area contributed by atoms with Gasteiger partial charge in [0, 0.05) is 11.6 Å². The second-order valence-corrected chi connectivity index (χ2v) is 6.12. The molecule has 0 spiro atoms. The van der Waals surface area contributed by atoms with Crippen LogP contribution in [0.4, 0.5) is 10.8 Å². The summed E-state index contributed by atoms with van der Waals surface area (Å²) in [6.07, 6.45) is 5.63. The van der Waals surface area contributed by atoms with E-state index in [4.69, 9.17) is 5.73 Å². The van der Waals surface area contributed by atoms with Crippen molar-refractivity contribution < 1.29 is 4.79 Å². The molecule has 100 valence electrons. The van der Waals surface area contributed by atoms with Gasteiger partial charge in [0.15, 0.2) is 5.13 Å². The summed E-state index contributed by atoms with van der Waals surface area (Å²) in [7, 11) is 0. The summed E-state index contributed by atoms with van der Waals surface area (Å²) in [4.78, 5) is 16.4.